The highest BCUT2D eigenvalue weighted by atomic mass is 16.4. The lowest BCUT2D eigenvalue weighted by Crippen LogP contribution is -2.45. The van der Waals surface area contributed by atoms with Crippen LogP contribution in [-0.2, 0) is 4.79 Å². The van der Waals surface area contributed by atoms with Crippen LogP contribution >= 0.6 is 0 Å². The average molecular weight is 205 g/mol. The summed E-state index contributed by atoms with van der Waals surface area (Å²) < 4.78 is 0. The van der Waals surface area contributed by atoms with E-state index in [1.807, 2.05) is 30.3 Å². The van der Waals surface area contributed by atoms with Crippen LogP contribution in [-0.4, -0.2) is 23.7 Å². The zero-order chi connectivity index (χ0) is 10.7. The highest BCUT2D eigenvalue weighted by Gasteiger charge is 2.31. The Bertz CT molecular complexity index is 337. The Hall–Kier alpha value is -1.35. The fourth-order valence-corrected chi connectivity index (χ4v) is 2.21. The first-order valence-corrected chi connectivity index (χ1v) is 5.30. The van der Waals surface area contributed by atoms with Gasteiger partial charge in [-0.05, 0) is 24.9 Å². The van der Waals surface area contributed by atoms with Crippen molar-refractivity contribution in [1.82, 2.24) is 5.32 Å². The molecule has 2 rings (SSSR count). The number of rotatable bonds is 2. The fraction of sp³-hybridized carbons (Fsp3) is 0.417. The van der Waals surface area contributed by atoms with E-state index >= 15 is 0 Å². The van der Waals surface area contributed by atoms with Crippen LogP contribution in [0.2, 0.25) is 0 Å². The summed E-state index contributed by atoms with van der Waals surface area (Å²) in [6.07, 6.45) is 2.00. The van der Waals surface area contributed by atoms with E-state index in [0.717, 1.165) is 24.9 Å². The molecule has 1 heterocycles. The van der Waals surface area contributed by atoms with E-state index in [1.54, 1.807) is 0 Å². The van der Waals surface area contributed by atoms with Crippen molar-refractivity contribution in [3.63, 3.8) is 0 Å². The summed E-state index contributed by atoms with van der Waals surface area (Å²) in [5.41, 5.74) is 1.12. The van der Waals surface area contributed by atoms with Gasteiger partial charge in [0.1, 0.15) is 6.04 Å². The van der Waals surface area contributed by atoms with Gasteiger partial charge >= 0.3 is 5.97 Å². The largest absolute Gasteiger partial charge is 0.480 e. The molecule has 1 aliphatic heterocycles. The maximum Gasteiger partial charge on any atom is 0.321 e. The number of hydrogen-bond donors (Lipinski definition) is 2. The maximum atomic E-state index is 11.1. The first-order chi connectivity index (χ1) is 7.29. The van der Waals surface area contributed by atoms with Gasteiger partial charge in [-0.1, -0.05) is 30.3 Å². The van der Waals surface area contributed by atoms with Gasteiger partial charge in [-0.3, -0.25) is 4.79 Å². The van der Waals surface area contributed by atoms with Gasteiger partial charge in [0, 0.05) is 5.92 Å². The van der Waals surface area contributed by atoms with E-state index in [1.165, 1.54) is 0 Å². The normalized spacial score (nSPS) is 26.1. The lowest BCUT2D eigenvalue weighted by Gasteiger charge is -2.29. The number of nitrogens with one attached hydrogen (secondary N) is 1. The maximum absolute atomic E-state index is 11.1. The van der Waals surface area contributed by atoms with Crippen LogP contribution in [0.4, 0.5) is 0 Å². The van der Waals surface area contributed by atoms with Gasteiger partial charge in [0.25, 0.3) is 0 Å². The monoisotopic (exact) mass is 205 g/mol. The summed E-state index contributed by atoms with van der Waals surface area (Å²) >= 11 is 0. The van der Waals surface area contributed by atoms with Crippen molar-refractivity contribution < 1.29 is 9.90 Å². The first kappa shape index (κ1) is 10.2. The second-order valence-electron chi connectivity index (χ2n) is 3.93. The van der Waals surface area contributed by atoms with Crippen molar-refractivity contribution in [2.45, 2.75) is 24.8 Å². The second kappa shape index (κ2) is 4.45. The molecule has 1 aromatic rings. The zero-order valence-electron chi connectivity index (χ0n) is 8.52. The Morgan fingerprint density at radius 3 is 2.73 bits per heavy atom. The van der Waals surface area contributed by atoms with Crippen LogP contribution < -0.4 is 5.32 Å². The number of aliphatic carboxylic acids is 1. The molecule has 3 nitrogen and oxygen atoms in total. The third-order valence-electron chi connectivity index (χ3n) is 2.95. The van der Waals surface area contributed by atoms with E-state index < -0.39 is 12.0 Å². The molecule has 0 saturated carbocycles. The molecule has 2 atom stereocenters. The Labute approximate surface area is 89.1 Å². The van der Waals surface area contributed by atoms with E-state index in [2.05, 4.69) is 5.32 Å². The van der Waals surface area contributed by atoms with E-state index in [0.29, 0.717) is 0 Å². The van der Waals surface area contributed by atoms with E-state index in [-0.39, 0.29) is 5.92 Å². The second-order valence-corrected chi connectivity index (χ2v) is 3.93. The number of benzene rings is 1. The van der Waals surface area contributed by atoms with Gasteiger partial charge in [-0.25, -0.2) is 0 Å². The SMILES string of the molecule is O=C(O)C1NCCCC1c1ccccc1. The highest BCUT2D eigenvalue weighted by Crippen LogP contribution is 2.27. The van der Waals surface area contributed by atoms with Gasteiger partial charge in [-0.2, -0.15) is 0 Å². The molecule has 15 heavy (non-hydrogen) atoms. The molecule has 0 bridgehead atoms. The zero-order valence-corrected chi connectivity index (χ0v) is 8.52. The summed E-state index contributed by atoms with van der Waals surface area (Å²) in [5, 5.41) is 12.2. The Kier molecular flexibility index (Phi) is 3.02. The summed E-state index contributed by atoms with van der Waals surface area (Å²) in [7, 11) is 0. The number of hydrogen-bond acceptors (Lipinski definition) is 2. The number of piperidine rings is 1. The predicted octanol–water partition coefficient (Wildman–Crippen LogP) is 1.61. The van der Waals surface area contributed by atoms with Crippen molar-refractivity contribution in [3.05, 3.63) is 35.9 Å². The molecule has 1 saturated heterocycles. The topological polar surface area (TPSA) is 49.3 Å². The van der Waals surface area contributed by atoms with Gasteiger partial charge in [0.05, 0.1) is 0 Å². The molecule has 2 N–H and O–H groups in total. The third kappa shape index (κ3) is 2.18. The molecule has 3 heteroatoms. The summed E-state index contributed by atoms with van der Waals surface area (Å²) in [4.78, 5) is 11.1. The molecule has 0 spiro atoms. The van der Waals surface area contributed by atoms with Crippen LogP contribution in [0.3, 0.4) is 0 Å². The number of carbonyl (C=O) groups is 1. The van der Waals surface area contributed by atoms with Crippen molar-refractivity contribution in [2.75, 3.05) is 6.54 Å². The van der Waals surface area contributed by atoms with Gasteiger partial charge in [0.15, 0.2) is 0 Å². The number of carboxylic acid groups (broad SMARTS) is 1. The standard InChI is InChI=1S/C12H15NO2/c14-12(15)11-10(7-4-8-13-11)9-5-2-1-3-6-9/h1-3,5-6,10-11,13H,4,7-8H2,(H,14,15). The van der Waals surface area contributed by atoms with E-state index in [4.69, 9.17) is 5.11 Å². The van der Waals surface area contributed by atoms with Crippen molar-refractivity contribution in [2.24, 2.45) is 0 Å². The van der Waals surface area contributed by atoms with Crippen LogP contribution in [0, 0.1) is 0 Å². The molecule has 1 aromatic carbocycles. The van der Waals surface area contributed by atoms with E-state index in [9.17, 15) is 4.79 Å². The molecule has 0 amide bonds. The minimum Gasteiger partial charge on any atom is -0.480 e. The smallest absolute Gasteiger partial charge is 0.321 e. The lowest BCUT2D eigenvalue weighted by molar-refractivity contribution is -0.140. The van der Waals surface area contributed by atoms with Crippen LogP contribution in [0.5, 0.6) is 0 Å². The minimum atomic E-state index is -0.747. The molecular formula is C12H15NO2. The molecule has 80 valence electrons. The van der Waals surface area contributed by atoms with Crippen molar-refractivity contribution in [3.8, 4) is 0 Å². The Morgan fingerprint density at radius 2 is 2.07 bits per heavy atom. The molecule has 0 aromatic heterocycles. The van der Waals surface area contributed by atoms with Crippen LogP contribution in [0.1, 0.15) is 24.3 Å². The van der Waals surface area contributed by atoms with Gasteiger partial charge < -0.3 is 10.4 Å². The Balaban J connectivity index is 2.22. The van der Waals surface area contributed by atoms with Crippen LogP contribution in [0.15, 0.2) is 30.3 Å². The van der Waals surface area contributed by atoms with Crippen LogP contribution in [0.25, 0.3) is 0 Å². The summed E-state index contributed by atoms with van der Waals surface area (Å²) in [6, 6.07) is 9.46. The molecule has 1 aliphatic rings. The number of carboxylic acids is 1. The fourth-order valence-electron chi connectivity index (χ4n) is 2.21. The van der Waals surface area contributed by atoms with Gasteiger partial charge in [0.2, 0.25) is 0 Å². The van der Waals surface area contributed by atoms with Crippen molar-refractivity contribution >= 4 is 5.97 Å². The predicted molar refractivity (Wildman–Crippen MR) is 57.8 cm³/mol. The summed E-state index contributed by atoms with van der Waals surface area (Å²) in [6.45, 7) is 0.806. The first-order valence-electron chi connectivity index (χ1n) is 5.30. The van der Waals surface area contributed by atoms with Crippen molar-refractivity contribution in [1.29, 1.82) is 0 Å². The molecule has 0 radical (unpaired) electrons. The minimum absolute atomic E-state index is 0.109. The summed E-state index contributed by atoms with van der Waals surface area (Å²) in [5.74, 6) is -0.638. The third-order valence-corrected chi connectivity index (χ3v) is 2.95. The quantitative estimate of drug-likeness (QED) is 0.771. The molecular weight excluding hydrogens is 190 g/mol. The lowest BCUT2D eigenvalue weighted by atomic mass is 9.85. The average Bonchev–Trinajstić information content (AvgIpc) is 2.30. The molecule has 1 fully saturated rings. The molecule has 2 unspecified atom stereocenters. The Morgan fingerprint density at radius 1 is 1.33 bits per heavy atom. The van der Waals surface area contributed by atoms with Gasteiger partial charge in [-0.15, -0.1) is 0 Å². The highest BCUT2D eigenvalue weighted by molar-refractivity contribution is 5.75. The molecule has 0 aliphatic carbocycles.